The molecule has 104 valence electrons. The molecule has 0 amide bonds. The lowest BCUT2D eigenvalue weighted by Crippen LogP contribution is -2.32. The Kier molecular flexibility index (Phi) is 4.46. The summed E-state index contributed by atoms with van der Waals surface area (Å²) in [6, 6.07) is 3.87. The molecule has 0 aliphatic heterocycles. The normalized spacial score (nSPS) is 17.4. The SMILES string of the molecule is COc1c(Br)cc(C2(C(=O)O)CCCC2)cc1SC. The van der Waals surface area contributed by atoms with E-state index in [1.165, 1.54) is 0 Å². The number of benzene rings is 1. The minimum Gasteiger partial charge on any atom is -0.494 e. The zero-order chi connectivity index (χ0) is 14.0. The highest BCUT2D eigenvalue weighted by molar-refractivity contribution is 9.10. The smallest absolute Gasteiger partial charge is 0.314 e. The average Bonchev–Trinajstić information content (AvgIpc) is 2.88. The van der Waals surface area contributed by atoms with Gasteiger partial charge in [-0.15, -0.1) is 11.8 Å². The van der Waals surface area contributed by atoms with E-state index in [0.717, 1.165) is 46.4 Å². The number of aliphatic carboxylic acids is 1. The molecule has 0 aromatic heterocycles. The number of thioether (sulfide) groups is 1. The standard InChI is InChI=1S/C14H17BrO3S/c1-18-12-10(15)7-9(8-11(12)19-2)14(13(16)17)5-3-4-6-14/h7-8H,3-6H2,1-2H3,(H,16,17). The third-order valence-electron chi connectivity index (χ3n) is 3.85. The highest BCUT2D eigenvalue weighted by atomic mass is 79.9. The minimum absolute atomic E-state index is 0.714. The molecule has 0 spiro atoms. The lowest BCUT2D eigenvalue weighted by atomic mass is 9.79. The van der Waals surface area contributed by atoms with E-state index in [9.17, 15) is 9.90 Å². The van der Waals surface area contributed by atoms with Crippen LogP contribution in [0.15, 0.2) is 21.5 Å². The number of carboxylic acid groups (broad SMARTS) is 1. The second kappa shape index (κ2) is 5.75. The molecular weight excluding hydrogens is 328 g/mol. The first-order chi connectivity index (χ1) is 9.05. The molecule has 0 heterocycles. The fraction of sp³-hybridized carbons (Fsp3) is 0.500. The number of ether oxygens (including phenoxy) is 1. The van der Waals surface area contributed by atoms with Crippen molar-refractivity contribution in [1.82, 2.24) is 0 Å². The molecule has 2 rings (SSSR count). The summed E-state index contributed by atoms with van der Waals surface area (Å²) < 4.78 is 6.19. The molecule has 1 N–H and O–H groups in total. The highest BCUT2D eigenvalue weighted by Crippen LogP contribution is 2.46. The van der Waals surface area contributed by atoms with Gasteiger partial charge in [-0.1, -0.05) is 12.8 Å². The van der Waals surface area contributed by atoms with Crippen LogP contribution in [0.3, 0.4) is 0 Å². The summed E-state index contributed by atoms with van der Waals surface area (Å²) in [5.74, 6) is 0.0592. The van der Waals surface area contributed by atoms with Gasteiger partial charge in [-0.25, -0.2) is 0 Å². The Morgan fingerprint density at radius 1 is 1.42 bits per heavy atom. The lowest BCUT2D eigenvalue weighted by molar-refractivity contribution is -0.143. The monoisotopic (exact) mass is 344 g/mol. The van der Waals surface area contributed by atoms with Crippen LogP contribution >= 0.6 is 27.7 Å². The van der Waals surface area contributed by atoms with Gasteiger partial charge < -0.3 is 9.84 Å². The van der Waals surface area contributed by atoms with Crippen molar-refractivity contribution >= 4 is 33.7 Å². The minimum atomic E-state index is -0.723. The topological polar surface area (TPSA) is 46.5 Å². The van der Waals surface area contributed by atoms with E-state index < -0.39 is 11.4 Å². The molecule has 3 nitrogen and oxygen atoms in total. The second-order valence-corrected chi connectivity index (χ2v) is 6.49. The van der Waals surface area contributed by atoms with E-state index >= 15 is 0 Å². The third kappa shape index (κ3) is 2.50. The molecule has 0 saturated heterocycles. The zero-order valence-corrected chi connectivity index (χ0v) is 13.4. The van der Waals surface area contributed by atoms with Crippen LogP contribution in [0, 0.1) is 0 Å². The van der Waals surface area contributed by atoms with Crippen molar-refractivity contribution in [1.29, 1.82) is 0 Å². The molecule has 1 aliphatic rings. The molecule has 5 heteroatoms. The van der Waals surface area contributed by atoms with Crippen LogP contribution in [-0.4, -0.2) is 24.4 Å². The van der Waals surface area contributed by atoms with Gasteiger partial charge in [0, 0.05) is 0 Å². The van der Waals surface area contributed by atoms with E-state index in [0.29, 0.717) is 0 Å². The van der Waals surface area contributed by atoms with Crippen LogP contribution in [0.4, 0.5) is 0 Å². The summed E-state index contributed by atoms with van der Waals surface area (Å²) >= 11 is 5.06. The molecule has 1 aromatic carbocycles. The van der Waals surface area contributed by atoms with E-state index in [-0.39, 0.29) is 0 Å². The fourth-order valence-corrected chi connectivity index (χ4v) is 4.18. The van der Waals surface area contributed by atoms with E-state index in [1.807, 2.05) is 18.4 Å². The number of hydrogen-bond donors (Lipinski definition) is 1. The van der Waals surface area contributed by atoms with Crippen molar-refractivity contribution in [3.63, 3.8) is 0 Å². The maximum absolute atomic E-state index is 11.7. The molecule has 19 heavy (non-hydrogen) atoms. The molecule has 0 bridgehead atoms. The Morgan fingerprint density at radius 3 is 2.53 bits per heavy atom. The van der Waals surface area contributed by atoms with Gasteiger partial charge in [0.1, 0.15) is 5.75 Å². The molecule has 1 saturated carbocycles. The van der Waals surface area contributed by atoms with Crippen LogP contribution in [0.2, 0.25) is 0 Å². The van der Waals surface area contributed by atoms with Crippen LogP contribution in [0.25, 0.3) is 0 Å². The average molecular weight is 345 g/mol. The predicted molar refractivity (Wildman–Crippen MR) is 80.3 cm³/mol. The first-order valence-corrected chi connectivity index (χ1v) is 8.22. The van der Waals surface area contributed by atoms with Crippen LogP contribution < -0.4 is 4.74 Å². The molecular formula is C14H17BrO3S. The molecule has 0 radical (unpaired) electrons. The van der Waals surface area contributed by atoms with Gasteiger partial charge in [0.2, 0.25) is 0 Å². The first kappa shape index (κ1) is 14.7. The Morgan fingerprint density at radius 2 is 2.05 bits per heavy atom. The van der Waals surface area contributed by atoms with Crippen LogP contribution in [0.5, 0.6) is 5.75 Å². The summed E-state index contributed by atoms with van der Waals surface area (Å²) in [7, 11) is 1.63. The summed E-state index contributed by atoms with van der Waals surface area (Å²) in [4.78, 5) is 12.7. The number of methoxy groups -OCH3 is 1. The van der Waals surface area contributed by atoms with Gasteiger partial charge in [0.05, 0.1) is 21.9 Å². The van der Waals surface area contributed by atoms with Crippen molar-refractivity contribution in [3.8, 4) is 5.75 Å². The van der Waals surface area contributed by atoms with Crippen molar-refractivity contribution in [3.05, 3.63) is 22.2 Å². The number of carboxylic acids is 1. The number of halogens is 1. The molecule has 1 fully saturated rings. The highest BCUT2D eigenvalue weighted by Gasteiger charge is 2.43. The van der Waals surface area contributed by atoms with Crippen LogP contribution in [0.1, 0.15) is 31.2 Å². The quantitative estimate of drug-likeness (QED) is 0.836. The van der Waals surface area contributed by atoms with Gasteiger partial charge in [0.15, 0.2) is 0 Å². The number of carbonyl (C=O) groups is 1. The molecule has 1 aliphatic carbocycles. The first-order valence-electron chi connectivity index (χ1n) is 6.20. The largest absolute Gasteiger partial charge is 0.494 e. The summed E-state index contributed by atoms with van der Waals surface area (Å²) in [5.41, 5.74) is 0.161. The lowest BCUT2D eigenvalue weighted by Gasteiger charge is -2.26. The molecule has 0 unspecified atom stereocenters. The van der Waals surface area contributed by atoms with Gasteiger partial charge in [-0.3, -0.25) is 4.79 Å². The number of rotatable bonds is 4. The Hall–Kier alpha value is -0.680. The van der Waals surface area contributed by atoms with Crippen molar-refractivity contribution in [2.45, 2.75) is 36.0 Å². The van der Waals surface area contributed by atoms with Gasteiger partial charge in [-0.05, 0) is 52.7 Å². The van der Waals surface area contributed by atoms with E-state index in [2.05, 4.69) is 15.9 Å². The van der Waals surface area contributed by atoms with Crippen molar-refractivity contribution in [2.24, 2.45) is 0 Å². The third-order valence-corrected chi connectivity index (χ3v) is 5.18. The second-order valence-electron chi connectivity index (χ2n) is 4.79. The van der Waals surface area contributed by atoms with E-state index in [4.69, 9.17) is 4.74 Å². The zero-order valence-electron chi connectivity index (χ0n) is 11.0. The maximum Gasteiger partial charge on any atom is 0.314 e. The molecule has 0 atom stereocenters. The van der Waals surface area contributed by atoms with E-state index in [1.54, 1.807) is 18.9 Å². The number of hydrogen-bond acceptors (Lipinski definition) is 3. The fourth-order valence-electron chi connectivity index (χ4n) is 2.80. The van der Waals surface area contributed by atoms with Gasteiger partial charge in [-0.2, -0.15) is 0 Å². The van der Waals surface area contributed by atoms with Gasteiger partial charge in [0.25, 0.3) is 0 Å². The summed E-state index contributed by atoms with van der Waals surface area (Å²) in [5, 5.41) is 9.64. The van der Waals surface area contributed by atoms with Crippen LogP contribution in [-0.2, 0) is 10.2 Å². The summed E-state index contributed by atoms with van der Waals surface area (Å²) in [6.45, 7) is 0. The van der Waals surface area contributed by atoms with Gasteiger partial charge >= 0.3 is 5.97 Å². The molecule has 1 aromatic rings. The Labute approximate surface area is 125 Å². The Balaban J connectivity index is 2.56. The van der Waals surface area contributed by atoms with Crippen molar-refractivity contribution < 1.29 is 14.6 Å². The summed E-state index contributed by atoms with van der Waals surface area (Å²) in [6.07, 6.45) is 5.36. The van der Waals surface area contributed by atoms with Crippen molar-refractivity contribution in [2.75, 3.05) is 13.4 Å². The Bertz CT molecular complexity index is 496. The predicted octanol–water partition coefficient (Wildman–Crippen LogP) is 4.08. The maximum atomic E-state index is 11.7.